The number of amides is 2. The first-order valence-electron chi connectivity index (χ1n) is 8.96. The zero-order chi connectivity index (χ0) is 22.8. The zero-order valence-corrected chi connectivity index (χ0v) is 19.8. The molecule has 0 aliphatic heterocycles. The van der Waals surface area contributed by atoms with Gasteiger partial charge in [-0.25, -0.2) is 0 Å². The summed E-state index contributed by atoms with van der Waals surface area (Å²) in [5, 5.41) is 2.58. The van der Waals surface area contributed by atoms with Crippen LogP contribution in [-0.2, 0) is 19.1 Å². The van der Waals surface area contributed by atoms with Gasteiger partial charge < -0.3 is 14.8 Å². The first kappa shape index (κ1) is 25.2. The molecule has 0 saturated carbocycles. The van der Waals surface area contributed by atoms with E-state index in [0.717, 1.165) is 26.8 Å². The van der Waals surface area contributed by atoms with E-state index in [0.29, 0.717) is 16.3 Å². The third-order valence-corrected chi connectivity index (χ3v) is 6.20. The largest absolute Gasteiger partial charge is 0.484 e. The van der Waals surface area contributed by atoms with E-state index in [-0.39, 0.29) is 13.2 Å². The number of anilines is 1. The summed E-state index contributed by atoms with van der Waals surface area (Å²) >= 11 is 0. The quantitative estimate of drug-likeness (QED) is 0.485. The van der Waals surface area contributed by atoms with Gasteiger partial charge in [-0.1, -0.05) is 18.2 Å². The van der Waals surface area contributed by atoms with Crippen LogP contribution in [0.15, 0.2) is 58.3 Å². The van der Waals surface area contributed by atoms with Crippen LogP contribution in [0.3, 0.4) is 0 Å². The number of methoxy groups -OCH3 is 1. The smallest absolute Gasteiger partial charge is 0.325 e. The molecule has 31 heavy (non-hydrogen) atoms. The van der Waals surface area contributed by atoms with Crippen LogP contribution >= 0.6 is 43.3 Å². The Morgan fingerprint density at radius 3 is 2.35 bits per heavy atom. The molecule has 0 bridgehead atoms. The first-order chi connectivity index (χ1) is 14.9. The van der Waals surface area contributed by atoms with Crippen molar-refractivity contribution < 1.29 is 23.9 Å². The lowest BCUT2D eigenvalue weighted by atomic mass is 10.2. The van der Waals surface area contributed by atoms with Gasteiger partial charge in [-0.05, 0) is 80.6 Å². The maximum absolute atomic E-state index is 12.9. The second kappa shape index (κ2) is 12.7. The summed E-state index contributed by atoms with van der Waals surface area (Å²) in [6.07, 6.45) is 0. The Balaban J connectivity index is 2.00. The van der Waals surface area contributed by atoms with Gasteiger partial charge in [0, 0.05) is 15.5 Å². The molecule has 0 aliphatic rings. The SMILES string of the molecule is COC(=O)CN(C(=O)[C@H](C)NC(=O)COc1ccc(SCl)c(SCl)c1)c1ccccc1. The van der Waals surface area contributed by atoms with Crippen molar-refractivity contribution in [3.8, 4) is 5.75 Å². The molecule has 1 atom stereocenters. The number of hydrogen-bond acceptors (Lipinski definition) is 7. The van der Waals surface area contributed by atoms with Crippen molar-refractivity contribution in [2.75, 3.05) is 25.2 Å². The van der Waals surface area contributed by atoms with E-state index in [1.165, 1.54) is 18.9 Å². The lowest BCUT2D eigenvalue weighted by molar-refractivity contribution is -0.140. The van der Waals surface area contributed by atoms with Gasteiger partial charge in [0.15, 0.2) is 6.61 Å². The monoisotopic (exact) mass is 502 g/mol. The van der Waals surface area contributed by atoms with Crippen molar-refractivity contribution in [3.05, 3.63) is 48.5 Å². The predicted octanol–water partition coefficient (Wildman–Crippen LogP) is 4.27. The van der Waals surface area contributed by atoms with E-state index >= 15 is 0 Å². The van der Waals surface area contributed by atoms with Crippen molar-refractivity contribution in [3.63, 3.8) is 0 Å². The van der Waals surface area contributed by atoms with Crippen LogP contribution in [0.25, 0.3) is 0 Å². The third kappa shape index (κ3) is 7.53. The second-order valence-electron chi connectivity index (χ2n) is 6.18. The van der Waals surface area contributed by atoms with Gasteiger partial charge in [-0.15, -0.1) is 0 Å². The Morgan fingerprint density at radius 2 is 1.74 bits per heavy atom. The molecule has 2 rings (SSSR count). The molecule has 0 saturated heterocycles. The molecule has 0 aromatic heterocycles. The van der Waals surface area contributed by atoms with Crippen molar-refractivity contribution >= 4 is 66.8 Å². The van der Waals surface area contributed by atoms with E-state index in [9.17, 15) is 14.4 Å². The predicted molar refractivity (Wildman–Crippen MR) is 124 cm³/mol. The van der Waals surface area contributed by atoms with Crippen LogP contribution in [0.4, 0.5) is 5.69 Å². The molecule has 0 aliphatic carbocycles. The van der Waals surface area contributed by atoms with Crippen LogP contribution in [0.1, 0.15) is 6.92 Å². The van der Waals surface area contributed by atoms with Crippen LogP contribution in [0, 0.1) is 0 Å². The molecule has 0 fully saturated rings. The van der Waals surface area contributed by atoms with Gasteiger partial charge >= 0.3 is 5.97 Å². The van der Waals surface area contributed by atoms with Gasteiger partial charge in [-0.2, -0.15) is 0 Å². The van der Waals surface area contributed by atoms with Gasteiger partial charge in [-0.3, -0.25) is 19.3 Å². The maximum Gasteiger partial charge on any atom is 0.325 e. The number of nitrogens with one attached hydrogen (secondary N) is 1. The van der Waals surface area contributed by atoms with Crippen LogP contribution in [0.2, 0.25) is 0 Å². The summed E-state index contributed by atoms with van der Waals surface area (Å²) in [5.41, 5.74) is 0.513. The molecule has 166 valence electrons. The topological polar surface area (TPSA) is 84.9 Å². The van der Waals surface area contributed by atoms with Crippen LogP contribution in [0.5, 0.6) is 5.75 Å². The summed E-state index contributed by atoms with van der Waals surface area (Å²) < 4.78 is 10.2. The zero-order valence-electron chi connectivity index (χ0n) is 16.7. The highest BCUT2D eigenvalue weighted by Gasteiger charge is 2.25. The third-order valence-electron chi connectivity index (χ3n) is 4.05. The number of ether oxygens (including phenoxy) is 2. The Bertz CT molecular complexity index is 918. The van der Waals surface area contributed by atoms with Gasteiger partial charge in [0.25, 0.3) is 5.91 Å². The van der Waals surface area contributed by atoms with E-state index in [2.05, 4.69) is 10.1 Å². The summed E-state index contributed by atoms with van der Waals surface area (Å²) in [6, 6.07) is 12.8. The number of benzene rings is 2. The molecule has 1 N–H and O–H groups in total. The van der Waals surface area contributed by atoms with Crippen molar-refractivity contribution in [2.45, 2.75) is 22.8 Å². The first-order valence-corrected chi connectivity index (χ1v) is 12.2. The van der Waals surface area contributed by atoms with Crippen LogP contribution < -0.4 is 15.0 Å². The number of halogens is 2. The average molecular weight is 503 g/mol. The van der Waals surface area contributed by atoms with E-state index < -0.39 is 23.8 Å². The number of esters is 1. The molecule has 0 spiro atoms. The minimum Gasteiger partial charge on any atom is -0.484 e. The number of nitrogens with zero attached hydrogens (tertiary/aromatic N) is 1. The maximum atomic E-state index is 12.9. The Morgan fingerprint density at radius 1 is 1.06 bits per heavy atom. The summed E-state index contributed by atoms with van der Waals surface area (Å²) in [6.45, 7) is 0.946. The van der Waals surface area contributed by atoms with Gasteiger partial charge in [0.05, 0.1) is 7.11 Å². The summed E-state index contributed by atoms with van der Waals surface area (Å²) in [4.78, 5) is 39.7. The fourth-order valence-electron chi connectivity index (χ4n) is 2.53. The molecule has 0 radical (unpaired) electrons. The fourth-order valence-corrected chi connectivity index (χ4v) is 4.40. The number of carbonyl (C=O) groups is 3. The normalized spacial score (nSPS) is 11.4. The highest BCUT2D eigenvalue weighted by Crippen LogP contribution is 2.37. The molecule has 11 heteroatoms. The molecule has 0 unspecified atom stereocenters. The number of para-hydroxylation sites is 1. The van der Waals surface area contributed by atoms with Crippen molar-refractivity contribution in [1.29, 1.82) is 0 Å². The van der Waals surface area contributed by atoms with E-state index in [4.69, 9.17) is 26.1 Å². The standard InChI is InChI=1S/C20H20Cl2N2O5S2/c1-13(20(27)24(11-19(26)28-2)14-6-4-3-5-7-14)23-18(25)12-29-15-8-9-16(30-21)17(10-15)31-22/h3-10,13H,11-12H2,1-2H3,(H,23,25)/t13-/m0/s1. The van der Waals surface area contributed by atoms with Gasteiger partial charge in [0.1, 0.15) is 18.3 Å². The molecule has 2 aromatic carbocycles. The number of hydrogen-bond donors (Lipinski definition) is 1. The lowest BCUT2D eigenvalue weighted by Crippen LogP contribution is -2.49. The molecule has 2 aromatic rings. The molecule has 0 heterocycles. The minimum atomic E-state index is -0.898. The van der Waals surface area contributed by atoms with Crippen LogP contribution in [-0.4, -0.2) is 44.1 Å². The second-order valence-corrected chi connectivity index (χ2v) is 8.29. The molecular weight excluding hydrogens is 483 g/mol. The average Bonchev–Trinajstić information content (AvgIpc) is 2.80. The molecule has 7 nitrogen and oxygen atoms in total. The number of carbonyl (C=O) groups excluding carboxylic acids is 3. The summed E-state index contributed by atoms with van der Waals surface area (Å²) in [7, 11) is 14.8. The Hall–Kier alpha value is -2.07. The molecular formula is C20H20Cl2N2O5S2. The Kier molecular flexibility index (Phi) is 10.3. The highest BCUT2D eigenvalue weighted by atomic mass is 35.7. The molecule has 2 amide bonds. The van der Waals surface area contributed by atoms with Gasteiger partial charge in [0.2, 0.25) is 5.91 Å². The van der Waals surface area contributed by atoms with Crippen molar-refractivity contribution in [1.82, 2.24) is 5.32 Å². The Labute approximate surface area is 197 Å². The van der Waals surface area contributed by atoms with E-state index in [1.807, 2.05) is 0 Å². The number of rotatable bonds is 10. The summed E-state index contributed by atoms with van der Waals surface area (Å²) in [5.74, 6) is -1.11. The van der Waals surface area contributed by atoms with Crippen molar-refractivity contribution in [2.24, 2.45) is 0 Å². The van der Waals surface area contributed by atoms with E-state index in [1.54, 1.807) is 48.5 Å². The lowest BCUT2D eigenvalue weighted by Gasteiger charge is -2.25. The minimum absolute atomic E-state index is 0.278. The highest BCUT2D eigenvalue weighted by molar-refractivity contribution is 8.23. The fraction of sp³-hybridized carbons (Fsp3) is 0.250.